The van der Waals surface area contributed by atoms with Crippen LogP contribution in [0, 0.1) is 0 Å². The predicted octanol–water partition coefficient (Wildman–Crippen LogP) is 9.62. The van der Waals surface area contributed by atoms with Crippen LogP contribution in [0.4, 0.5) is 81.6 Å². The maximum Gasteiger partial charge on any atom is 0.434 e. The molecule has 0 radical (unpaired) electrons. The van der Waals surface area contributed by atoms with Crippen molar-refractivity contribution in [1.29, 1.82) is 0 Å². The normalized spacial score (nSPS) is 15.8. The number of benzene rings is 2. The van der Waals surface area contributed by atoms with Crippen molar-refractivity contribution in [2.45, 2.75) is 47.7 Å². The third-order valence-electron chi connectivity index (χ3n) is 4.90. The van der Waals surface area contributed by atoms with Gasteiger partial charge in [0, 0.05) is 15.6 Å². The Bertz CT molecular complexity index is 1240. The largest absolute Gasteiger partial charge is 0.434 e. The highest BCUT2D eigenvalue weighted by atomic mass is 79.9. The first-order chi connectivity index (χ1) is 19.0. The zero-order chi connectivity index (χ0) is 34.1. The molecule has 246 valence electrons. The van der Waals surface area contributed by atoms with Gasteiger partial charge in [0.15, 0.2) is 5.75 Å². The van der Waals surface area contributed by atoms with E-state index in [9.17, 15) is 70.2 Å². The van der Waals surface area contributed by atoms with Crippen molar-refractivity contribution in [1.82, 2.24) is 0 Å². The molecule has 0 aliphatic carbocycles. The van der Waals surface area contributed by atoms with Gasteiger partial charge >= 0.3 is 47.7 Å². The maximum atomic E-state index is 14.1. The van der Waals surface area contributed by atoms with Crippen LogP contribution in [0.1, 0.15) is 11.1 Å². The number of hydrogen-bond acceptors (Lipinski definition) is 4. The van der Waals surface area contributed by atoms with E-state index in [1.54, 1.807) is 0 Å². The molecule has 2 aromatic rings. The second-order valence-corrected chi connectivity index (χ2v) is 9.49. The maximum absolute atomic E-state index is 14.1. The Morgan fingerprint density at radius 1 is 0.605 bits per heavy atom. The molecule has 4 nitrogen and oxygen atoms in total. The molecule has 0 heterocycles. The van der Waals surface area contributed by atoms with Crippen LogP contribution in [-0.2, 0) is 11.3 Å². The molecule has 2 rings (SSSR count). The number of rotatable bonds is 8. The average Bonchev–Trinajstić information content (AvgIpc) is 2.79. The summed E-state index contributed by atoms with van der Waals surface area (Å²) in [6.45, 7) is -7.03. The van der Waals surface area contributed by atoms with Crippen molar-refractivity contribution < 1.29 is 79.7 Å². The molecular weight excluding hydrogens is 755 g/mol. The molecule has 0 saturated carbocycles. The third-order valence-corrected chi connectivity index (χ3v) is 6.07. The molecule has 23 heteroatoms. The summed E-state index contributed by atoms with van der Waals surface area (Å²) in [7, 11) is 0. The fourth-order valence-electron chi connectivity index (χ4n) is 2.91. The molecular formula is C20H11BrCl2F16N2O2. The number of nitrogens with two attached hydrogens (primary N) is 2. The molecule has 0 aliphatic rings. The van der Waals surface area contributed by atoms with Crippen molar-refractivity contribution in [2.75, 3.05) is 11.5 Å². The van der Waals surface area contributed by atoms with Crippen LogP contribution in [0.25, 0.3) is 0 Å². The molecule has 4 N–H and O–H groups in total. The van der Waals surface area contributed by atoms with E-state index in [4.69, 9.17) is 11.5 Å². The van der Waals surface area contributed by atoms with E-state index in [0.717, 1.165) is 0 Å². The first-order valence-electron chi connectivity index (χ1n) is 10.1. The van der Waals surface area contributed by atoms with Gasteiger partial charge in [-0.3, -0.25) is 0 Å². The lowest BCUT2D eigenvalue weighted by atomic mass is 9.94. The van der Waals surface area contributed by atoms with Gasteiger partial charge in [-0.05, 0) is 63.4 Å². The summed E-state index contributed by atoms with van der Waals surface area (Å²) in [4.78, 5) is 0. The molecule has 0 amide bonds. The van der Waals surface area contributed by atoms with Crippen LogP contribution in [-0.4, -0.2) is 36.3 Å². The summed E-state index contributed by atoms with van der Waals surface area (Å²) in [5.41, 5.74) is -5.02. The lowest BCUT2D eigenvalue weighted by molar-refractivity contribution is -0.286. The van der Waals surface area contributed by atoms with Gasteiger partial charge in [0.25, 0.3) is 0 Å². The van der Waals surface area contributed by atoms with Gasteiger partial charge in [-0.25, -0.2) is 8.78 Å². The minimum atomic E-state index is -6.14. The Kier molecular flexibility index (Phi) is 11.6. The number of alkyl halides is 18. The Morgan fingerprint density at radius 3 is 1.35 bits per heavy atom. The third kappa shape index (κ3) is 8.20. The minimum Gasteiger partial charge on any atom is -0.433 e. The van der Waals surface area contributed by atoms with E-state index in [2.05, 4.69) is 48.6 Å². The van der Waals surface area contributed by atoms with E-state index in [1.807, 2.05) is 0 Å². The Morgan fingerprint density at radius 2 is 0.977 bits per heavy atom. The topological polar surface area (TPSA) is 70.5 Å². The van der Waals surface area contributed by atoms with Gasteiger partial charge in [-0.15, -0.1) is 0 Å². The van der Waals surface area contributed by atoms with Crippen molar-refractivity contribution >= 4 is 50.5 Å². The van der Waals surface area contributed by atoms with Gasteiger partial charge in [0.2, 0.25) is 0 Å². The Balaban J connectivity index is 0.000000430. The van der Waals surface area contributed by atoms with Crippen LogP contribution in [0.2, 0.25) is 0 Å². The highest BCUT2D eigenvalue weighted by Gasteiger charge is 2.73. The van der Waals surface area contributed by atoms with E-state index in [1.165, 1.54) is 0 Å². The van der Waals surface area contributed by atoms with E-state index in [0.29, 0.717) is 6.07 Å². The summed E-state index contributed by atoms with van der Waals surface area (Å²) in [5, 5.41) is -10.8. The summed E-state index contributed by atoms with van der Waals surface area (Å²) < 4.78 is 211. The van der Waals surface area contributed by atoms with E-state index in [-0.39, 0.29) is 24.3 Å². The van der Waals surface area contributed by atoms with Crippen LogP contribution in [0.15, 0.2) is 34.8 Å². The molecule has 2 aromatic carbocycles. The highest BCUT2D eigenvalue weighted by Crippen LogP contribution is 2.56. The van der Waals surface area contributed by atoms with Gasteiger partial charge < -0.3 is 20.9 Å². The first kappa shape index (κ1) is 38.6. The molecule has 2 atom stereocenters. The summed E-state index contributed by atoms with van der Waals surface area (Å²) >= 11 is 11.0. The van der Waals surface area contributed by atoms with Gasteiger partial charge in [0.1, 0.15) is 5.75 Å². The van der Waals surface area contributed by atoms with Gasteiger partial charge in [-0.2, -0.15) is 61.5 Å². The van der Waals surface area contributed by atoms with Crippen molar-refractivity contribution in [3.05, 3.63) is 45.9 Å². The smallest absolute Gasteiger partial charge is 0.433 e. The van der Waals surface area contributed by atoms with Crippen LogP contribution < -0.4 is 20.9 Å². The monoisotopic (exact) mass is 764 g/mol. The molecule has 2 unspecified atom stereocenters. The number of nitrogen functional groups attached to an aromatic ring is 2. The number of anilines is 2. The molecule has 0 bridgehead atoms. The van der Waals surface area contributed by atoms with Crippen molar-refractivity contribution in [3.8, 4) is 11.5 Å². The Labute approximate surface area is 246 Å². The average molecular weight is 766 g/mol. The highest BCUT2D eigenvalue weighted by molar-refractivity contribution is 9.10. The summed E-state index contributed by atoms with van der Waals surface area (Å²) in [5.74, 6) is -2.21. The second-order valence-electron chi connectivity index (χ2n) is 7.69. The zero-order valence-corrected chi connectivity index (χ0v) is 22.8. The van der Waals surface area contributed by atoms with Crippen LogP contribution in [0.5, 0.6) is 11.5 Å². The Hall–Kier alpha value is -2.42. The summed E-state index contributed by atoms with van der Waals surface area (Å²) in [6.07, 6.45) is -12.3. The van der Waals surface area contributed by atoms with E-state index < -0.39 is 86.1 Å². The van der Waals surface area contributed by atoms with Gasteiger partial charge in [-0.1, -0.05) is 6.07 Å². The number of hydrogen-bond donors (Lipinski definition) is 2. The van der Waals surface area contributed by atoms with Crippen molar-refractivity contribution in [3.63, 3.8) is 0 Å². The molecule has 0 fully saturated rings. The van der Waals surface area contributed by atoms with Crippen molar-refractivity contribution in [2.24, 2.45) is 0 Å². The fourth-order valence-corrected chi connectivity index (χ4v) is 3.78. The lowest BCUT2D eigenvalue weighted by Crippen LogP contribution is -2.49. The lowest BCUT2D eigenvalue weighted by Gasteiger charge is -2.32. The van der Waals surface area contributed by atoms with E-state index >= 15 is 0 Å². The standard InChI is InChI=1S/C10H5BrClF8NO.C10H6ClF8NO/c11-4-1-3(2-5(6(4)21)22-7(13)14)8(15,9(12,16)17)10(18,19)20;11-9(15,16)8(14,10(17,18)19)4-1-2-5(20)6(3-4)21-7(12)13/h1-2,7H,21H2;1-3,7H,20H2. The van der Waals surface area contributed by atoms with Gasteiger partial charge in [0.05, 0.1) is 11.4 Å². The molecule has 0 saturated heterocycles. The zero-order valence-electron chi connectivity index (χ0n) is 19.7. The predicted molar refractivity (Wildman–Crippen MR) is 122 cm³/mol. The molecule has 0 aliphatic heterocycles. The molecule has 0 spiro atoms. The first-order valence-corrected chi connectivity index (χ1v) is 11.6. The number of halogens is 19. The van der Waals surface area contributed by atoms with Crippen LogP contribution in [0.3, 0.4) is 0 Å². The minimum absolute atomic E-state index is 0.00866. The molecule has 0 aromatic heterocycles. The fraction of sp³-hybridized carbons (Fsp3) is 0.400. The number of ether oxygens (including phenoxy) is 2. The SMILES string of the molecule is Nc1c(Br)cc(C(F)(C(F)(F)F)C(F)(F)Cl)cc1OC(F)F.Nc1ccc(C(F)(C(F)(F)F)C(F)(F)Cl)cc1OC(F)F. The summed E-state index contributed by atoms with van der Waals surface area (Å²) in [6, 6.07) is 0.978. The quantitative estimate of drug-likeness (QED) is 0.160. The second kappa shape index (κ2) is 12.9. The molecule has 43 heavy (non-hydrogen) atoms. The van der Waals surface area contributed by atoms with Crippen LogP contribution >= 0.6 is 39.1 Å².